The van der Waals surface area contributed by atoms with Gasteiger partial charge in [0.05, 0.1) is 18.8 Å². The number of nitrogens with one attached hydrogen (secondary N) is 1. The smallest absolute Gasteiger partial charge is 0.222 e. The van der Waals surface area contributed by atoms with Gasteiger partial charge in [0.15, 0.2) is 16.4 Å². The van der Waals surface area contributed by atoms with Crippen LogP contribution >= 0.6 is 23.8 Å². The van der Waals surface area contributed by atoms with Crippen molar-refractivity contribution in [2.45, 2.75) is 52.7 Å². The molecule has 0 saturated carbocycles. The van der Waals surface area contributed by atoms with Crippen LogP contribution in [0.5, 0.6) is 0 Å². The molecule has 29 heavy (non-hydrogen) atoms. The number of carbonyl (C=O) groups is 1. The molecule has 3 aromatic rings. The van der Waals surface area contributed by atoms with Crippen molar-refractivity contribution >= 4 is 29.7 Å². The Morgan fingerprint density at radius 2 is 2.03 bits per heavy atom. The van der Waals surface area contributed by atoms with E-state index in [0.717, 1.165) is 36.5 Å². The van der Waals surface area contributed by atoms with E-state index in [0.29, 0.717) is 28.6 Å². The number of nitrogens with zero attached hydrogens (tertiary/aromatic N) is 4. The average Bonchev–Trinajstić information content (AvgIpc) is 3.27. The van der Waals surface area contributed by atoms with Crippen molar-refractivity contribution in [3.05, 3.63) is 51.6 Å². The van der Waals surface area contributed by atoms with Crippen LogP contribution in [-0.4, -0.2) is 25.4 Å². The van der Waals surface area contributed by atoms with Crippen LogP contribution in [0.15, 0.2) is 34.9 Å². The molecule has 1 amide bonds. The van der Waals surface area contributed by atoms with Crippen LogP contribution in [0, 0.1) is 11.7 Å². The Bertz CT molecular complexity index is 1020. The minimum Gasteiger partial charge on any atom is -0.359 e. The van der Waals surface area contributed by atoms with E-state index >= 15 is 0 Å². The summed E-state index contributed by atoms with van der Waals surface area (Å²) in [5, 5.41) is 12.0. The van der Waals surface area contributed by atoms with Gasteiger partial charge in [0.1, 0.15) is 0 Å². The second kappa shape index (κ2) is 9.84. The van der Waals surface area contributed by atoms with Gasteiger partial charge in [-0.3, -0.25) is 9.36 Å². The summed E-state index contributed by atoms with van der Waals surface area (Å²) < 4.78 is 9.45. The quantitative estimate of drug-likeness (QED) is 0.501. The summed E-state index contributed by atoms with van der Waals surface area (Å²) in [4.78, 5) is 12.2. The molecule has 0 radical (unpaired) electrons. The number of hydrogen-bond donors (Lipinski definition) is 1. The van der Waals surface area contributed by atoms with Gasteiger partial charge in [0.2, 0.25) is 5.91 Å². The summed E-state index contributed by atoms with van der Waals surface area (Å²) in [6.07, 6.45) is 2.32. The van der Waals surface area contributed by atoms with Crippen molar-refractivity contribution in [3.8, 4) is 11.4 Å². The zero-order valence-corrected chi connectivity index (χ0v) is 18.1. The van der Waals surface area contributed by atoms with Gasteiger partial charge in [-0.1, -0.05) is 30.1 Å². The summed E-state index contributed by atoms with van der Waals surface area (Å²) in [7, 11) is 0. The number of rotatable bonds is 9. The summed E-state index contributed by atoms with van der Waals surface area (Å²) in [6, 6.07) is 9.32. The number of halogens is 1. The number of unbranched alkanes of at least 4 members (excludes halogenated alkanes) is 1. The normalized spacial score (nSPS) is 11.0. The molecule has 0 aliphatic heterocycles. The molecule has 0 unspecified atom stereocenters. The number of aromatic nitrogens is 4. The van der Waals surface area contributed by atoms with E-state index in [9.17, 15) is 4.79 Å². The number of benzene rings is 1. The average molecular weight is 434 g/mol. The molecule has 2 aromatic heterocycles. The molecule has 1 aromatic carbocycles. The van der Waals surface area contributed by atoms with Gasteiger partial charge in [-0.05, 0) is 49.8 Å². The fourth-order valence-electron chi connectivity index (χ4n) is 2.90. The van der Waals surface area contributed by atoms with Crippen LogP contribution in [0.2, 0.25) is 5.02 Å². The zero-order chi connectivity index (χ0) is 20.8. The Morgan fingerprint density at radius 1 is 1.28 bits per heavy atom. The second-order valence-corrected chi connectivity index (χ2v) is 7.60. The molecule has 7 nitrogen and oxygen atoms in total. The fraction of sp³-hybridized carbons (Fsp3) is 0.400. The lowest BCUT2D eigenvalue weighted by molar-refractivity contribution is -0.121. The minimum atomic E-state index is -0.0999. The lowest BCUT2D eigenvalue weighted by atomic mass is 10.2. The van der Waals surface area contributed by atoms with E-state index in [2.05, 4.69) is 22.5 Å². The van der Waals surface area contributed by atoms with E-state index in [4.69, 9.17) is 28.3 Å². The summed E-state index contributed by atoms with van der Waals surface area (Å²) in [5.74, 6) is 1.32. The Kier molecular flexibility index (Phi) is 7.22. The molecular weight excluding hydrogens is 410 g/mol. The molecule has 154 valence electrons. The van der Waals surface area contributed by atoms with Gasteiger partial charge in [-0.15, -0.1) is 0 Å². The van der Waals surface area contributed by atoms with Crippen LogP contribution in [0.1, 0.15) is 37.6 Å². The van der Waals surface area contributed by atoms with Crippen molar-refractivity contribution in [2.24, 2.45) is 0 Å². The van der Waals surface area contributed by atoms with Crippen LogP contribution in [0.4, 0.5) is 0 Å². The Balaban J connectivity index is 1.70. The van der Waals surface area contributed by atoms with Crippen LogP contribution < -0.4 is 5.32 Å². The van der Waals surface area contributed by atoms with E-state index < -0.39 is 0 Å². The highest BCUT2D eigenvalue weighted by atomic mass is 35.5. The predicted octanol–water partition coefficient (Wildman–Crippen LogP) is 4.54. The van der Waals surface area contributed by atoms with Gasteiger partial charge in [0.25, 0.3) is 0 Å². The first kappa shape index (κ1) is 21.3. The molecule has 0 bridgehead atoms. The highest BCUT2D eigenvalue weighted by molar-refractivity contribution is 7.71. The first-order valence-corrected chi connectivity index (χ1v) is 10.4. The lowest BCUT2D eigenvalue weighted by Crippen LogP contribution is -2.24. The molecule has 1 N–H and O–H groups in total. The van der Waals surface area contributed by atoms with Gasteiger partial charge in [0, 0.05) is 29.6 Å². The first-order valence-electron chi connectivity index (χ1n) is 9.60. The van der Waals surface area contributed by atoms with Crippen molar-refractivity contribution in [1.29, 1.82) is 0 Å². The monoisotopic (exact) mass is 433 g/mol. The zero-order valence-electron chi connectivity index (χ0n) is 16.5. The maximum Gasteiger partial charge on any atom is 0.222 e. The molecule has 0 spiro atoms. The van der Waals surface area contributed by atoms with Crippen molar-refractivity contribution < 1.29 is 9.32 Å². The fourth-order valence-corrected chi connectivity index (χ4v) is 3.33. The Morgan fingerprint density at radius 3 is 2.69 bits per heavy atom. The largest absolute Gasteiger partial charge is 0.359 e. The Labute approximate surface area is 179 Å². The van der Waals surface area contributed by atoms with Gasteiger partial charge in [-0.25, -0.2) is 4.68 Å². The molecule has 0 aliphatic rings. The molecule has 0 saturated heterocycles. The third-order valence-corrected chi connectivity index (χ3v) is 5.13. The highest BCUT2D eigenvalue weighted by Gasteiger charge is 2.14. The number of aryl methyl sites for hydroxylation is 2. The van der Waals surface area contributed by atoms with E-state index in [-0.39, 0.29) is 12.3 Å². The molecule has 2 heterocycles. The molecule has 0 aliphatic carbocycles. The van der Waals surface area contributed by atoms with Crippen LogP contribution in [0.3, 0.4) is 0 Å². The maximum atomic E-state index is 12.2. The molecular formula is C20H24ClN5O2S. The first-order chi connectivity index (χ1) is 14.0. The predicted molar refractivity (Wildman–Crippen MR) is 114 cm³/mol. The number of hydrogen-bond acceptors (Lipinski definition) is 5. The highest BCUT2D eigenvalue weighted by Crippen LogP contribution is 2.21. The third-order valence-electron chi connectivity index (χ3n) is 4.45. The summed E-state index contributed by atoms with van der Waals surface area (Å²) in [6.45, 7) is 5.47. The topological polar surface area (TPSA) is 77.9 Å². The summed E-state index contributed by atoms with van der Waals surface area (Å²) in [5.41, 5.74) is 1.73. The van der Waals surface area contributed by atoms with E-state index in [1.54, 1.807) is 10.7 Å². The Hall–Kier alpha value is -2.45. The van der Waals surface area contributed by atoms with Crippen molar-refractivity contribution in [2.75, 3.05) is 0 Å². The van der Waals surface area contributed by atoms with Gasteiger partial charge in [-0.2, -0.15) is 5.10 Å². The van der Waals surface area contributed by atoms with E-state index in [1.165, 1.54) is 0 Å². The number of carbonyl (C=O) groups excluding carboxylic acids is 1. The molecule has 3 rings (SSSR count). The second-order valence-electron chi connectivity index (χ2n) is 6.80. The molecule has 0 atom stereocenters. The molecule has 9 heteroatoms. The third kappa shape index (κ3) is 5.55. The minimum absolute atomic E-state index is 0.0999. The lowest BCUT2D eigenvalue weighted by Gasteiger charge is -2.05. The standard InChI is InChI=1S/C20H24ClN5O2S/c1-3-4-10-25-19(15-5-7-16(21)8-6-15)23-26(20(25)29)11-9-18(27)22-13-17-12-14(2)24-28-17/h5-8,12H,3-4,9-11,13H2,1-2H3,(H,22,27). The van der Waals surface area contributed by atoms with Gasteiger partial charge < -0.3 is 9.84 Å². The van der Waals surface area contributed by atoms with Crippen LogP contribution in [-0.2, 0) is 24.4 Å². The summed E-state index contributed by atoms with van der Waals surface area (Å²) >= 11 is 11.6. The van der Waals surface area contributed by atoms with Crippen molar-refractivity contribution in [3.63, 3.8) is 0 Å². The number of amides is 1. The van der Waals surface area contributed by atoms with Gasteiger partial charge >= 0.3 is 0 Å². The van der Waals surface area contributed by atoms with E-state index in [1.807, 2.05) is 35.8 Å². The molecule has 0 fully saturated rings. The SMILES string of the molecule is CCCCn1c(-c2ccc(Cl)cc2)nn(CCC(=O)NCc2cc(C)no2)c1=S. The maximum absolute atomic E-state index is 12.2. The van der Waals surface area contributed by atoms with Crippen molar-refractivity contribution in [1.82, 2.24) is 24.8 Å². The van der Waals surface area contributed by atoms with Crippen LogP contribution in [0.25, 0.3) is 11.4 Å².